The number of nitrogens with zero attached hydrogens (tertiary/aromatic N) is 8. The van der Waals surface area contributed by atoms with E-state index in [1.807, 2.05) is 0 Å². The number of nitriles is 4. The van der Waals surface area contributed by atoms with Crippen LogP contribution in [0.25, 0.3) is 52.9 Å². The highest BCUT2D eigenvalue weighted by atomic mass is 19.2. The smallest absolute Gasteiger partial charge is 0.237 e. The van der Waals surface area contributed by atoms with Crippen molar-refractivity contribution in [3.8, 4) is 24.3 Å². The van der Waals surface area contributed by atoms with Crippen molar-refractivity contribution < 1.29 is 26.3 Å². The van der Waals surface area contributed by atoms with E-state index < -0.39 is 102 Å². The Hall–Kier alpha value is -7.88. The highest BCUT2D eigenvalue weighted by Gasteiger charge is 2.39. The fourth-order valence-corrected chi connectivity index (χ4v) is 5.48. The maximum atomic E-state index is 15.4. The summed E-state index contributed by atoms with van der Waals surface area (Å²) in [6.07, 6.45) is 0. The highest BCUT2D eigenvalue weighted by Crippen LogP contribution is 2.56. The van der Waals surface area contributed by atoms with Gasteiger partial charge in [0.05, 0.1) is 44.0 Å². The van der Waals surface area contributed by atoms with Gasteiger partial charge in [-0.25, -0.2) is 56.2 Å². The van der Waals surface area contributed by atoms with Gasteiger partial charge in [-0.05, 0) is 51.6 Å². The summed E-state index contributed by atoms with van der Waals surface area (Å²) in [4.78, 5) is 12.1. The molecule has 0 saturated heterocycles. The highest BCUT2D eigenvalue weighted by molar-refractivity contribution is 6.29. The molecule has 8 nitrogen and oxygen atoms in total. The summed E-state index contributed by atoms with van der Waals surface area (Å²) in [7, 11) is 0. The summed E-state index contributed by atoms with van der Waals surface area (Å²) < 4.78 is 89.9. The molecule has 222 valence electrons. The van der Waals surface area contributed by atoms with Crippen LogP contribution in [0.15, 0.2) is 35.7 Å². The van der Waals surface area contributed by atoms with E-state index in [0.717, 1.165) is 18.2 Å². The first-order valence-corrected chi connectivity index (χ1v) is 12.6. The molecule has 0 bridgehead atoms. The fourth-order valence-electron chi connectivity index (χ4n) is 5.48. The molecule has 0 saturated carbocycles. The summed E-state index contributed by atoms with van der Waals surface area (Å²) in [5.74, 6) is -10.5. The van der Waals surface area contributed by atoms with Crippen LogP contribution in [0, 0.1) is 107 Å². The van der Waals surface area contributed by atoms with Crippen LogP contribution >= 0.6 is 0 Å². The molecule has 14 heteroatoms. The van der Waals surface area contributed by atoms with Crippen molar-refractivity contribution in [1.82, 2.24) is 0 Å². The molecule has 3 aromatic carbocycles. The van der Waals surface area contributed by atoms with Crippen molar-refractivity contribution >= 4 is 39.2 Å². The van der Waals surface area contributed by atoms with Gasteiger partial charge in [-0.2, -0.15) is 10.5 Å². The van der Waals surface area contributed by atoms with Crippen molar-refractivity contribution in [3.05, 3.63) is 155 Å². The first kappa shape index (κ1) is 31.5. The predicted molar refractivity (Wildman–Crippen MR) is 154 cm³/mol. The standard InChI is InChI=1S/C34H4F6N8/c1-45-23(11-43)26-14-6-15-16(5-13(14)19(9-41)25(26)17-7-21(35)20(10-42)31(39)29(17)37)33(47-3)28(27(15)24(12-44)46-2)18-8-22(36)34(48-4)32(40)30(18)38/h5-8H/b26-23+,27-24-. The third-order valence-electron chi connectivity index (χ3n) is 7.40. The third-order valence-corrected chi connectivity index (χ3v) is 7.40. The molecule has 3 aromatic rings. The molecule has 0 fully saturated rings. The summed E-state index contributed by atoms with van der Waals surface area (Å²) in [5, 5.41) is 38.9. The molecule has 2 aliphatic rings. The second-order valence-electron chi connectivity index (χ2n) is 9.55. The molecule has 0 radical (unpaired) electrons. The van der Waals surface area contributed by atoms with E-state index in [9.17, 15) is 33.3 Å². The van der Waals surface area contributed by atoms with Crippen molar-refractivity contribution in [2.75, 3.05) is 0 Å². The Kier molecular flexibility index (Phi) is 7.60. The quantitative estimate of drug-likeness (QED) is 0.121. The van der Waals surface area contributed by atoms with Crippen molar-refractivity contribution in [2.45, 2.75) is 0 Å². The number of hydrogen-bond acceptors (Lipinski definition) is 4. The average molecular weight is 638 g/mol. The number of rotatable bonds is 2. The van der Waals surface area contributed by atoms with E-state index in [1.54, 1.807) is 18.2 Å². The zero-order valence-corrected chi connectivity index (χ0v) is 23.2. The Morgan fingerprint density at radius 3 is 1.58 bits per heavy atom. The van der Waals surface area contributed by atoms with Crippen molar-refractivity contribution in [1.29, 1.82) is 21.0 Å². The Morgan fingerprint density at radius 2 is 1.06 bits per heavy atom. The van der Waals surface area contributed by atoms with Gasteiger partial charge >= 0.3 is 0 Å². The molecule has 0 atom stereocenters. The molecule has 0 aromatic heterocycles. The fraction of sp³-hybridized carbons (Fsp3) is 0. The van der Waals surface area contributed by atoms with E-state index in [1.165, 1.54) is 0 Å². The maximum Gasteiger partial charge on any atom is 0.270 e. The van der Waals surface area contributed by atoms with Gasteiger partial charge in [0, 0.05) is 22.3 Å². The first-order chi connectivity index (χ1) is 23.0. The molecule has 0 unspecified atom stereocenters. The first-order valence-electron chi connectivity index (χ1n) is 12.6. The maximum absolute atomic E-state index is 15.4. The Labute approximate surface area is 266 Å². The monoisotopic (exact) mass is 638 g/mol. The minimum Gasteiger partial charge on any atom is -0.237 e. The minimum atomic E-state index is -1.93. The van der Waals surface area contributed by atoms with E-state index in [0.29, 0.717) is 12.1 Å². The van der Waals surface area contributed by atoms with Crippen LogP contribution in [0.3, 0.4) is 0 Å². The topological polar surface area (TPSA) is 113 Å². The molecular weight excluding hydrogens is 634 g/mol. The van der Waals surface area contributed by atoms with Gasteiger partial charge in [0.25, 0.3) is 17.1 Å². The molecule has 2 aliphatic carbocycles. The SMILES string of the molecule is [C-]#[N+]C1=C(c2cc(F)c([N+]#[C-])c(F)c2F)/C(=C(/C#N)[N+]#[C-])c2cc3c(cc21)C(C#N)=C(c1cc(F)c(C#N)c(F)c1F)/C3=C(\C#N)[N+]#[C-]. The average Bonchev–Trinajstić information content (AvgIpc) is 3.56. The lowest BCUT2D eigenvalue weighted by Crippen LogP contribution is -2.02. The van der Waals surface area contributed by atoms with Crippen LogP contribution in [0.4, 0.5) is 32.0 Å². The Morgan fingerprint density at radius 1 is 0.542 bits per heavy atom. The number of hydrogen-bond donors (Lipinski definition) is 0. The second-order valence-corrected chi connectivity index (χ2v) is 9.55. The zero-order chi connectivity index (χ0) is 35.2. The second kappa shape index (κ2) is 11.6. The molecule has 48 heavy (non-hydrogen) atoms. The molecule has 0 spiro atoms. The van der Waals surface area contributed by atoms with Gasteiger partial charge in [-0.15, -0.1) is 0 Å². The van der Waals surface area contributed by atoms with E-state index in [4.69, 9.17) is 31.6 Å². The van der Waals surface area contributed by atoms with Gasteiger partial charge in [0.1, 0.15) is 29.3 Å². The van der Waals surface area contributed by atoms with Crippen LogP contribution in [-0.2, 0) is 0 Å². The van der Waals surface area contributed by atoms with Gasteiger partial charge in [-0.3, -0.25) is 0 Å². The summed E-state index contributed by atoms with van der Waals surface area (Å²) >= 11 is 0. The van der Waals surface area contributed by atoms with Crippen LogP contribution in [-0.4, -0.2) is 0 Å². The van der Waals surface area contributed by atoms with Gasteiger partial charge in [0.15, 0.2) is 23.3 Å². The van der Waals surface area contributed by atoms with Crippen LogP contribution in [0.1, 0.15) is 38.9 Å². The van der Waals surface area contributed by atoms with Crippen molar-refractivity contribution in [3.63, 3.8) is 0 Å². The normalized spacial score (nSPS) is 14.6. The van der Waals surface area contributed by atoms with E-state index in [2.05, 4.69) is 19.4 Å². The van der Waals surface area contributed by atoms with E-state index in [-0.39, 0.29) is 22.3 Å². The van der Waals surface area contributed by atoms with Crippen LogP contribution in [0.5, 0.6) is 0 Å². The Balaban J connectivity index is 1.99. The lowest BCUT2D eigenvalue weighted by Gasteiger charge is -2.14. The van der Waals surface area contributed by atoms with Gasteiger partial charge in [0.2, 0.25) is 5.70 Å². The van der Waals surface area contributed by atoms with Crippen LogP contribution in [0.2, 0.25) is 0 Å². The molecular formula is C34H4F6N8. The predicted octanol–water partition coefficient (Wildman–Crippen LogP) is 8.50. The van der Waals surface area contributed by atoms with Crippen LogP contribution < -0.4 is 0 Å². The number of allylic oxidation sites excluding steroid dienone is 7. The summed E-state index contributed by atoms with van der Waals surface area (Å²) in [6, 6.07) is 8.89. The molecule has 0 heterocycles. The molecule has 0 aliphatic heterocycles. The largest absolute Gasteiger partial charge is 0.270 e. The summed E-state index contributed by atoms with van der Waals surface area (Å²) in [6.45, 7) is 29.9. The van der Waals surface area contributed by atoms with Gasteiger partial charge < -0.3 is 0 Å². The molecule has 0 N–H and O–H groups in total. The number of halogens is 6. The molecule has 0 amide bonds. The molecule has 5 rings (SSSR count). The van der Waals surface area contributed by atoms with E-state index >= 15 is 8.78 Å². The Bertz CT molecular complexity index is 2400. The lowest BCUT2D eigenvalue weighted by atomic mass is 9.90. The minimum absolute atomic E-state index is 0.244. The third kappa shape index (κ3) is 4.18. The summed E-state index contributed by atoms with van der Waals surface area (Å²) in [5.41, 5.74) is -10.6. The van der Waals surface area contributed by atoms with Gasteiger partial charge in [-0.1, -0.05) is 6.07 Å². The van der Waals surface area contributed by atoms with Crippen molar-refractivity contribution in [2.24, 2.45) is 0 Å². The zero-order valence-electron chi connectivity index (χ0n) is 23.2. The number of fused-ring (bicyclic) bond motifs is 2. The lowest BCUT2D eigenvalue weighted by molar-refractivity contribution is 0.489. The number of benzene rings is 3.